The van der Waals surface area contributed by atoms with E-state index in [2.05, 4.69) is 34.3 Å². The summed E-state index contributed by atoms with van der Waals surface area (Å²) in [6.45, 7) is 5.24. The Labute approximate surface area is 105 Å². The van der Waals surface area contributed by atoms with Gasteiger partial charge in [-0.2, -0.15) is 5.10 Å². The molecule has 0 aliphatic heterocycles. The van der Waals surface area contributed by atoms with E-state index < -0.39 is 0 Å². The number of aromatic nitrogens is 4. The van der Waals surface area contributed by atoms with Gasteiger partial charge in [0.05, 0.1) is 11.6 Å². The molecule has 0 fully saturated rings. The van der Waals surface area contributed by atoms with E-state index in [4.69, 9.17) is 10.6 Å². The summed E-state index contributed by atoms with van der Waals surface area (Å²) in [6.07, 6.45) is 1.68. The number of anilines is 1. The van der Waals surface area contributed by atoms with Crippen LogP contribution in [0.2, 0.25) is 0 Å². The Morgan fingerprint density at radius 1 is 1.44 bits per heavy atom. The van der Waals surface area contributed by atoms with Gasteiger partial charge in [0.2, 0.25) is 0 Å². The number of ether oxygens (including phenoxy) is 1. The highest BCUT2D eigenvalue weighted by Crippen LogP contribution is 2.18. The summed E-state index contributed by atoms with van der Waals surface area (Å²) < 4.78 is 7.21. The van der Waals surface area contributed by atoms with Gasteiger partial charge < -0.3 is 10.2 Å². The normalized spacial score (nSPS) is 11.4. The van der Waals surface area contributed by atoms with Crippen molar-refractivity contribution in [3.8, 4) is 0 Å². The molecule has 7 heteroatoms. The zero-order valence-corrected chi connectivity index (χ0v) is 10.8. The molecule has 0 atom stereocenters. The fourth-order valence-electron chi connectivity index (χ4n) is 1.63. The fraction of sp³-hybridized carbons (Fsp3) is 0.545. The SMILES string of the molecule is CC(C)COCc1nc(NN)c2cnn(C)c2n1. The lowest BCUT2D eigenvalue weighted by Crippen LogP contribution is -2.12. The van der Waals surface area contributed by atoms with Gasteiger partial charge >= 0.3 is 0 Å². The lowest BCUT2D eigenvalue weighted by Gasteiger charge is -2.08. The zero-order valence-electron chi connectivity index (χ0n) is 10.8. The fourth-order valence-corrected chi connectivity index (χ4v) is 1.63. The molecule has 18 heavy (non-hydrogen) atoms. The Hall–Kier alpha value is -1.73. The van der Waals surface area contributed by atoms with Crippen LogP contribution in [0.1, 0.15) is 19.7 Å². The summed E-state index contributed by atoms with van der Waals surface area (Å²) in [5, 5.41) is 4.93. The molecule has 0 spiro atoms. The first-order valence-corrected chi connectivity index (χ1v) is 5.84. The summed E-state index contributed by atoms with van der Waals surface area (Å²) >= 11 is 0. The average molecular weight is 250 g/mol. The van der Waals surface area contributed by atoms with Crippen molar-refractivity contribution in [1.82, 2.24) is 19.7 Å². The van der Waals surface area contributed by atoms with Crippen LogP contribution in [0.15, 0.2) is 6.20 Å². The van der Waals surface area contributed by atoms with Crippen molar-refractivity contribution in [1.29, 1.82) is 0 Å². The lowest BCUT2D eigenvalue weighted by atomic mass is 10.2. The Morgan fingerprint density at radius 3 is 2.89 bits per heavy atom. The van der Waals surface area contributed by atoms with Gasteiger partial charge in [0.15, 0.2) is 17.3 Å². The van der Waals surface area contributed by atoms with Crippen LogP contribution in [0.3, 0.4) is 0 Å². The summed E-state index contributed by atoms with van der Waals surface area (Å²) in [6, 6.07) is 0. The second-order valence-electron chi connectivity index (χ2n) is 4.55. The molecule has 2 aromatic heterocycles. The highest BCUT2D eigenvalue weighted by atomic mass is 16.5. The number of hydrazine groups is 1. The standard InChI is InChI=1S/C11H18N6O/c1-7(2)5-18-6-9-14-10(16-12)8-4-13-17(3)11(8)15-9/h4,7H,5-6,12H2,1-3H3,(H,14,15,16). The van der Waals surface area contributed by atoms with Crippen LogP contribution in [0, 0.1) is 5.92 Å². The second-order valence-corrected chi connectivity index (χ2v) is 4.55. The monoisotopic (exact) mass is 250 g/mol. The van der Waals surface area contributed by atoms with Gasteiger partial charge in [-0.1, -0.05) is 13.8 Å². The molecule has 0 unspecified atom stereocenters. The highest BCUT2D eigenvalue weighted by molar-refractivity contribution is 5.86. The minimum Gasteiger partial charge on any atom is -0.373 e. The highest BCUT2D eigenvalue weighted by Gasteiger charge is 2.10. The molecule has 2 heterocycles. The quantitative estimate of drug-likeness (QED) is 0.603. The number of fused-ring (bicyclic) bond motifs is 1. The third kappa shape index (κ3) is 2.57. The smallest absolute Gasteiger partial charge is 0.163 e. The van der Waals surface area contributed by atoms with Crippen LogP contribution in [0.5, 0.6) is 0 Å². The van der Waals surface area contributed by atoms with Crippen LogP contribution in [0.4, 0.5) is 5.82 Å². The average Bonchev–Trinajstić information content (AvgIpc) is 2.70. The maximum atomic E-state index is 5.52. The van der Waals surface area contributed by atoms with Crippen molar-refractivity contribution in [2.24, 2.45) is 18.8 Å². The van der Waals surface area contributed by atoms with Crippen molar-refractivity contribution >= 4 is 16.9 Å². The van der Waals surface area contributed by atoms with Gasteiger partial charge in [0, 0.05) is 13.7 Å². The number of hydrogen-bond donors (Lipinski definition) is 2. The predicted octanol–water partition coefficient (Wildman–Crippen LogP) is 0.821. The van der Waals surface area contributed by atoms with E-state index in [-0.39, 0.29) is 0 Å². The second kappa shape index (κ2) is 5.28. The van der Waals surface area contributed by atoms with Gasteiger partial charge in [-0.05, 0) is 5.92 Å². The molecule has 0 aromatic carbocycles. The van der Waals surface area contributed by atoms with Gasteiger partial charge in [-0.25, -0.2) is 15.8 Å². The van der Waals surface area contributed by atoms with Crippen molar-refractivity contribution in [3.05, 3.63) is 12.0 Å². The Kier molecular flexibility index (Phi) is 3.73. The van der Waals surface area contributed by atoms with Crippen LogP contribution >= 0.6 is 0 Å². The molecule has 98 valence electrons. The number of nitrogen functional groups attached to an aromatic ring is 1. The first kappa shape index (κ1) is 12.7. The minimum atomic E-state index is 0.369. The number of hydrogen-bond acceptors (Lipinski definition) is 6. The van der Waals surface area contributed by atoms with Gasteiger partial charge in [-0.15, -0.1) is 0 Å². The number of nitrogens with two attached hydrogens (primary N) is 1. The van der Waals surface area contributed by atoms with Crippen molar-refractivity contribution in [2.75, 3.05) is 12.0 Å². The van der Waals surface area contributed by atoms with Crippen molar-refractivity contribution < 1.29 is 4.74 Å². The van der Waals surface area contributed by atoms with Crippen LogP contribution < -0.4 is 11.3 Å². The van der Waals surface area contributed by atoms with Crippen molar-refractivity contribution in [2.45, 2.75) is 20.5 Å². The summed E-state index contributed by atoms with van der Waals surface area (Å²) in [7, 11) is 1.83. The minimum absolute atomic E-state index is 0.369. The molecule has 0 aliphatic carbocycles. The third-order valence-electron chi connectivity index (χ3n) is 2.46. The van der Waals surface area contributed by atoms with E-state index in [0.29, 0.717) is 30.8 Å². The number of aryl methyl sites for hydroxylation is 1. The number of nitrogens with zero attached hydrogens (tertiary/aromatic N) is 4. The van der Waals surface area contributed by atoms with Crippen molar-refractivity contribution in [3.63, 3.8) is 0 Å². The van der Waals surface area contributed by atoms with Crippen LogP contribution in [0.25, 0.3) is 11.0 Å². The maximum Gasteiger partial charge on any atom is 0.163 e. The van der Waals surface area contributed by atoms with E-state index in [0.717, 1.165) is 11.0 Å². The van der Waals surface area contributed by atoms with E-state index in [1.54, 1.807) is 10.9 Å². The van der Waals surface area contributed by atoms with E-state index in [9.17, 15) is 0 Å². The molecule has 0 amide bonds. The maximum absolute atomic E-state index is 5.52. The Morgan fingerprint density at radius 2 is 2.22 bits per heavy atom. The van der Waals surface area contributed by atoms with Gasteiger partial charge in [-0.3, -0.25) is 4.68 Å². The first-order valence-electron chi connectivity index (χ1n) is 5.84. The zero-order chi connectivity index (χ0) is 13.1. The predicted molar refractivity (Wildman–Crippen MR) is 68.6 cm³/mol. The van der Waals surface area contributed by atoms with E-state index in [1.165, 1.54) is 0 Å². The van der Waals surface area contributed by atoms with Gasteiger partial charge in [0.1, 0.15) is 6.61 Å². The molecule has 0 aliphatic rings. The first-order chi connectivity index (χ1) is 8.61. The molecule has 2 aromatic rings. The molecule has 0 saturated carbocycles. The van der Waals surface area contributed by atoms with E-state index in [1.807, 2.05) is 7.05 Å². The third-order valence-corrected chi connectivity index (χ3v) is 2.46. The Bertz CT molecular complexity index is 536. The van der Waals surface area contributed by atoms with E-state index >= 15 is 0 Å². The molecule has 3 N–H and O–H groups in total. The number of nitrogens with one attached hydrogen (secondary N) is 1. The van der Waals surface area contributed by atoms with Gasteiger partial charge in [0.25, 0.3) is 0 Å². The molecule has 0 bridgehead atoms. The number of rotatable bonds is 5. The van der Waals surface area contributed by atoms with Crippen LogP contribution in [-0.2, 0) is 18.4 Å². The topological polar surface area (TPSA) is 90.9 Å². The summed E-state index contributed by atoms with van der Waals surface area (Å²) in [5.74, 6) is 7.10. The van der Waals surface area contributed by atoms with Crippen LogP contribution in [-0.4, -0.2) is 26.4 Å². The lowest BCUT2D eigenvalue weighted by molar-refractivity contribution is 0.0925. The molecule has 0 radical (unpaired) electrons. The largest absolute Gasteiger partial charge is 0.373 e. The summed E-state index contributed by atoms with van der Waals surface area (Å²) in [4.78, 5) is 8.71. The molecule has 0 saturated heterocycles. The Balaban J connectivity index is 2.25. The molecule has 2 rings (SSSR count). The summed E-state index contributed by atoms with van der Waals surface area (Å²) in [5.41, 5.74) is 3.30. The molecular formula is C11H18N6O. The molecular weight excluding hydrogens is 232 g/mol. The molecule has 7 nitrogen and oxygen atoms in total.